The Morgan fingerprint density at radius 3 is 2.82 bits per heavy atom. The molecular weight excluding hydrogens is 244 g/mol. The number of rotatable bonds is 4. The van der Waals surface area contributed by atoms with Crippen molar-refractivity contribution in [2.75, 3.05) is 0 Å². The second-order valence-corrected chi connectivity index (χ2v) is 4.81. The maximum absolute atomic E-state index is 10.9. The third-order valence-electron chi connectivity index (χ3n) is 2.27. The second-order valence-electron chi connectivity index (χ2n) is 3.88. The molecule has 2 rings (SSSR count). The van der Waals surface area contributed by atoms with Gasteiger partial charge in [-0.05, 0) is 12.8 Å². The zero-order valence-corrected chi connectivity index (χ0v) is 10.1. The Morgan fingerprint density at radius 1 is 1.59 bits per heavy atom. The molecule has 1 aliphatic rings. The largest absolute Gasteiger partial charge is 0.408 e. The van der Waals surface area contributed by atoms with E-state index in [-0.39, 0.29) is 17.5 Å². The van der Waals surface area contributed by atoms with Gasteiger partial charge < -0.3 is 9.29 Å². The van der Waals surface area contributed by atoms with Gasteiger partial charge in [0.25, 0.3) is 0 Å². The van der Waals surface area contributed by atoms with Crippen molar-refractivity contribution < 1.29 is 18.3 Å². The van der Waals surface area contributed by atoms with Crippen molar-refractivity contribution in [3.05, 3.63) is 17.6 Å². The van der Waals surface area contributed by atoms with E-state index < -0.39 is 17.0 Å². The Labute approximate surface area is 101 Å². The molecule has 0 aromatic carbocycles. The SMILES string of the molecule is CC(=O)Oc1cc(C2CC2)nc(CS(=O)O)n1. The standard InChI is InChI=1S/C10H12N2O4S/c1-6(13)16-10-4-8(7-2-3-7)11-9(12-10)5-17(14)15/h4,7H,2-3,5H2,1H3,(H,14,15). The van der Waals surface area contributed by atoms with Crippen molar-refractivity contribution in [2.24, 2.45) is 0 Å². The van der Waals surface area contributed by atoms with Crippen LogP contribution in [-0.4, -0.2) is 24.7 Å². The van der Waals surface area contributed by atoms with E-state index in [2.05, 4.69) is 9.97 Å². The fraction of sp³-hybridized carbons (Fsp3) is 0.500. The molecule has 1 N–H and O–H groups in total. The summed E-state index contributed by atoms with van der Waals surface area (Å²) >= 11 is -2.00. The van der Waals surface area contributed by atoms with Crippen LogP contribution in [0, 0.1) is 0 Å². The first-order valence-electron chi connectivity index (χ1n) is 5.18. The molecule has 1 aliphatic carbocycles. The predicted molar refractivity (Wildman–Crippen MR) is 59.8 cm³/mol. The molecule has 92 valence electrons. The zero-order valence-electron chi connectivity index (χ0n) is 9.25. The van der Waals surface area contributed by atoms with Crippen LogP contribution in [0.3, 0.4) is 0 Å². The van der Waals surface area contributed by atoms with Gasteiger partial charge >= 0.3 is 5.97 Å². The van der Waals surface area contributed by atoms with Crippen LogP contribution in [0.4, 0.5) is 0 Å². The molecule has 7 heteroatoms. The first-order chi connectivity index (χ1) is 8.04. The van der Waals surface area contributed by atoms with E-state index in [1.807, 2.05) is 0 Å². The van der Waals surface area contributed by atoms with Gasteiger partial charge in [0, 0.05) is 18.9 Å². The summed E-state index contributed by atoms with van der Waals surface area (Å²) in [6.45, 7) is 1.28. The lowest BCUT2D eigenvalue weighted by Gasteiger charge is -2.05. The van der Waals surface area contributed by atoms with E-state index in [1.54, 1.807) is 6.07 Å². The van der Waals surface area contributed by atoms with Gasteiger partial charge in [0.05, 0.1) is 5.69 Å². The highest BCUT2D eigenvalue weighted by Crippen LogP contribution is 2.39. The third kappa shape index (κ3) is 3.57. The van der Waals surface area contributed by atoms with Crippen LogP contribution < -0.4 is 4.74 Å². The molecule has 1 aromatic heterocycles. The average Bonchev–Trinajstić information content (AvgIpc) is 2.97. The van der Waals surface area contributed by atoms with Gasteiger partial charge in [-0.3, -0.25) is 4.79 Å². The number of nitrogens with zero attached hydrogens (tertiary/aromatic N) is 2. The monoisotopic (exact) mass is 256 g/mol. The van der Waals surface area contributed by atoms with Crippen LogP contribution >= 0.6 is 0 Å². The lowest BCUT2D eigenvalue weighted by Crippen LogP contribution is -2.08. The highest BCUT2D eigenvalue weighted by atomic mass is 32.2. The van der Waals surface area contributed by atoms with Crippen molar-refractivity contribution in [1.82, 2.24) is 9.97 Å². The van der Waals surface area contributed by atoms with Crippen molar-refractivity contribution in [2.45, 2.75) is 31.4 Å². The normalized spacial score (nSPS) is 16.6. The summed E-state index contributed by atoms with van der Waals surface area (Å²) in [6, 6.07) is 1.61. The molecule has 1 saturated carbocycles. The first-order valence-corrected chi connectivity index (χ1v) is 6.46. The molecule has 0 bridgehead atoms. The van der Waals surface area contributed by atoms with E-state index in [9.17, 15) is 9.00 Å². The maximum atomic E-state index is 10.9. The number of hydrogen-bond acceptors (Lipinski definition) is 5. The minimum atomic E-state index is -2.00. The molecule has 1 heterocycles. The number of carbonyl (C=O) groups excluding carboxylic acids is 1. The highest BCUT2D eigenvalue weighted by molar-refractivity contribution is 7.78. The number of esters is 1. The summed E-state index contributed by atoms with van der Waals surface area (Å²) in [7, 11) is 0. The zero-order chi connectivity index (χ0) is 12.4. The van der Waals surface area contributed by atoms with Crippen LogP contribution in [-0.2, 0) is 21.6 Å². The van der Waals surface area contributed by atoms with Gasteiger partial charge in [-0.1, -0.05) is 0 Å². The quantitative estimate of drug-likeness (QED) is 0.638. The molecule has 0 aliphatic heterocycles. The Bertz CT molecular complexity index is 439. The molecule has 0 amide bonds. The molecule has 1 atom stereocenters. The molecule has 17 heavy (non-hydrogen) atoms. The molecule has 0 radical (unpaired) electrons. The molecule has 1 unspecified atom stereocenters. The molecule has 1 fully saturated rings. The number of aromatic nitrogens is 2. The smallest absolute Gasteiger partial charge is 0.309 e. The van der Waals surface area contributed by atoms with Crippen molar-refractivity contribution in [1.29, 1.82) is 0 Å². The van der Waals surface area contributed by atoms with E-state index in [0.29, 0.717) is 5.92 Å². The minimum Gasteiger partial charge on any atom is -0.408 e. The van der Waals surface area contributed by atoms with Gasteiger partial charge in [-0.2, -0.15) is 4.98 Å². The molecule has 6 nitrogen and oxygen atoms in total. The lowest BCUT2D eigenvalue weighted by molar-refractivity contribution is -0.132. The first kappa shape index (κ1) is 12.1. The highest BCUT2D eigenvalue weighted by Gasteiger charge is 2.26. The fourth-order valence-electron chi connectivity index (χ4n) is 1.46. The number of hydrogen-bond donors (Lipinski definition) is 1. The number of ether oxygens (including phenoxy) is 1. The Morgan fingerprint density at radius 2 is 2.29 bits per heavy atom. The predicted octanol–water partition coefficient (Wildman–Crippen LogP) is 1.00. The molecular formula is C10H12N2O4S. The molecule has 1 aromatic rings. The van der Waals surface area contributed by atoms with Crippen molar-refractivity contribution in [3.8, 4) is 5.88 Å². The van der Waals surface area contributed by atoms with Crippen LogP contribution in [0.2, 0.25) is 0 Å². The Hall–Kier alpha value is -1.34. The minimum absolute atomic E-state index is 0.148. The van der Waals surface area contributed by atoms with E-state index in [0.717, 1.165) is 18.5 Å². The van der Waals surface area contributed by atoms with Crippen LogP contribution in [0.25, 0.3) is 0 Å². The van der Waals surface area contributed by atoms with Crippen molar-refractivity contribution in [3.63, 3.8) is 0 Å². The van der Waals surface area contributed by atoms with Gasteiger partial charge in [-0.15, -0.1) is 0 Å². The third-order valence-corrected chi connectivity index (χ3v) is 2.77. The van der Waals surface area contributed by atoms with E-state index in [1.165, 1.54) is 6.92 Å². The van der Waals surface area contributed by atoms with Crippen molar-refractivity contribution >= 4 is 17.0 Å². The summed E-state index contributed by atoms with van der Waals surface area (Å²) < 4.78 is 24.4. The van der Waals surface area contributed by atoms with Crippen LogP contribution in [0.15, 0.2) is 6.07 Å². The topological polar surface area (TPSA) is 89.4 Å². The van der Waals surface area contributed by atoms with Gasteiger partial charge in [-0.25, -0.2) is 9.19 Å². The summed E-state index contributed by atoms with van der Waals surface area (Å²) in [5.41, 5.74) is 0.775. The lowest BCUT2D eigenvalue weighted by atomic mass is 10.3. The van der Waals surface area contributed by atoms with Gasteiger partial charge in [0.15, 0.2) is 11.1 Å². The van der Waals surface area contributed by atoms with E-state index in [4.69, 9.17) is 9.29 Å². The van der Waals surface area contributed by atoms with Crippen LogP contribution in [0.5, 0.6) is 5.88 Å². The molecule has 0 saturated heterocycles. The Balaban J connectivity index is 2.27. The maximum Gasteiger partial charge on any atom is 0.309 e. The molecule has 0 spiro atoms. The summed E-state index contributed by atoms with van der Waals surface area (Å²) in [5.74, 6) is 0.107. The summed E-state index contributed by atoms with van der Waals surface area (Å²) in [5, 5.41) is 0. The van der Waals surface area contributed by atoms with Crippen LogP contribution in [0.1, 0.15) is 37.2 Å². The van der Waals surface area contributed by atoms with Gasteiger partial charge in [0.1, 0.15) is 11.6 Å². The number of carbonyl (C=O) groups is 1. The fourth-order valence-corrected chi connectivity index (χ4v) is 1.81. The average molecular weight is 256 g/mol. The summed E-state index contributed by atoms with van der Waals surface area (Å²) in [6.07, 6.45) is 2.08. The van der Waals surface area contributed by atoms with E-state index >= 15 is 0 Å². The van der Waals surface area contributed by atoms with Gasteiger partial charge in [0.2, 0.25) is 5.88 Å². The summed E-state index contributed by atoms with van der Waals surface area (Å²) in [4.78, 5) is 19.0. The second kappa shape index (κ2) is 4.89. The Kier molecular flexibility index (Phi) is 3.49.